The van der Waals surface area contributed by atoms with Crippen molar-refractivity contribution in [2.75, 3.05) is 4.72 Å². The molecule has 0 fully saturated rings. The minimum atomic E-state index is -3.77. The maximum absolute atomic E-state index is 12.8. The van der Waals surface area contributed by atoms with Gasteiger partial charge < -0.3 is 13.7 Å². The van der Waals surface area contributed by atoms with Crippen LogP contribution in [-0.4, -0.2) is 27.9 Å². The van der Waals surface area contributed by atoms with Crippen LogP contribution in [0.1, 0.15) is 11.7 Å². The third kappa shape index (κ3) is 5.07. The molecule has 9 nitrogen and oxygen atoms in total. The Hall–Kier alpha value is -4.44. The van der Waals surface area contributed by atoms with Crippen molar-refractivity contribution >= 4 is 15.7 Å². The van der Waals surface area contributed by atoms with E-state index in [4.69, 9.17) is 9.15 Å². The molecular formula is C25H21N5O4S. The minimum absolute atomic E-state index is 0.135. The molecule has 10 heteroatoms. The number of anilines is 1. The third-order valence-corrected chi connectivity index (χ3v) is 6.48. The van der Waals surface area contributed by atoms with E-state index >= 15 is 0 Å². The Kier molecular flexibility index (Phi) is 5.79. The lowest BCUT2D eigenvalue weighted by Gasteiger charge is -2.11. The van der Waals surface area contributed by atoms with Crippen molar-refractivity contribution in [3.05, 3.63) is 97.1 Å². The predicted octanol–water partition coefficient (Wildman–Crippen LogP) is 5.13. The number of oxazole rings is 1. The van der Waals surface area contributed by atoms with Gasteiger partial charge in [0.05, 0.1) is 4.90 Å². The van der Waals surface area contributed by atoms with E-state index in [2.05, 4.69) is 19.7 Å². The van der Waals surface area contributed by atoms with Crippen LogP contribution in [0.25, 0.3) is 17.1 Å². The fourth-order valence-corrected chi connectivity index (χ4v) is 4.48. The van der Waals surface area contributed by atoms with E-state index in [1.54, 1.807) is 56.3 Å². The van der Waals surface area contributed by atoms with Crippen molar-refractivity contribution in [1.29, 1.82) is 0 Å². The van der Waals surface area contributed by atoms with Crippen LogP contribution >= 0.6 is 0 Å². The average Bonchev–Trinajstić information content (AvgIpc) is 3.52. The van der Waals surface area contributed by atoms with Crippen molar-refractivity contribution < 1.29 is 17.6 Å². The Morgan fingerprint density at radius 1 is 0.914 bits per heavy atom. The average molecular weight is 488 g/mol. The van der Waals surface area contributed by atoms with Crippen molar-refractivity contribution in [3.63, 3.8) is 0 Å². The van der Waals surface area contributed by atoms with Crippen LogP contribution in [0.4, 0.5) is 5.69 Å². The van der Waals surface area contributed by atoms with E-state index in [1.807, 2.05) is 29.1 Å². The molecule has 0 spiro atoms. The van der Waals surface area contributed by atoms with Crippen LogP contribution < -0.4 is 9.46 Å². The lowest BCUT2D eigenvalue weighted by molar-refractivity contribution is 0.459. The second-order valence-electron chi connectivity index (χ2n) is 7.71. The molecule has 5 rings (SSSR count). The Balaban J connectivity index is 1.28. The van der Waals surface area contributed by atoms with E-state index in [0.29, 0.717) is 40.5 Å². The molecule has 0 unspecified atom stereocenters. The number of aromatic nitrogens is 4. The molecule has 2 aromatic carbocycles. The molecule has 3 heterocycles. The molecule has 0 saturated heterocycles. The first-order valence-electron chi connectivity index (χ1n) is 10.7. The highest BCUT2D eigenvalue weighted by Gasteiger charge is 2.15. The second kappa shape index (κ2) is 9.07. The Labute approximate surface area is 202 Å². The van der Waals surface area contributed by atoms with Crippen molar-refractivity contribution in [2.45, 2.75) is 18.7 Å². The maximum Gasteiger partial charge on any atom is 0.261 e. The van der Waals surface area contributed by atoms with Crippen LogP contribution in [0.5, 0.6) is 11.6 Å². The summed E-state index contributed by atoms with van der Waals surface area (Å²) in [6, 6.07) is 18.6. The Bertz CT molecular complexity index is 1560. The van der Waals surface area contributed by atoms with Gasteiger partial charge in [-0.1, -0.05) is 12.1 Å². The van der Waals surface area contributed by atoms with E-state index in [1.165, 1.54) is 18.4 Å². The number of ether oxygens (including phenoxy) is 1. The minimum Gasteiger partial charge on any atom is -0.449 e. The molecule has 0 amide bonds. The molecule has 0 bridgehead atoms. The molecule has 1 N–H and O–H groups in total. The molecule has 0 aliphatic rings. The first-order chi connectivity index (χ1) is 16.9. The topological polar surface area (TPSA) is 112 Å². The number of rotatable bonds is 7. The highest BCUT2D eigenvalue weighted by molar-refractivity contribution is 7.92. The fourth-order valence-electron chi connectivity index (χ4n) is 3.42. The number of hydrogen-bond donors (Lipinski definition) is 1. The second-order valence-corrected chi connectivity index (χ2v) is 9.39. The highest BCUT2D eigenvalue weighted by Crippen LogP contribution is 2.25. The first-order valence-corrected chi connectivity index (χ1v) is 12.2. The summed E-state index contributed by atoms with van der Waals surface area (Å²) in [4.78, 5) is 13.1. The zero-order valence-corrected chi connectivity index (χ0v) is 19.7. The molecule has 0 aliphatic carbocycles. The molecule has 3 aromatic heterocycles. The van der Waals surface area contributed by atoms with Crippen LogP contribution in [0.3, 0.4) is 0 Å². The molecule has 0 aliphatic heterocycles. The van der Waals surface area contributed by atoms with Crippen LogP contribution in [0.2, 0.25) is 0 Å². The predicted molar refractivity (Wildman–Crippen MR) is 130 cm³/mol. The summed E-state index contributed by atoms with van der Waals surface area (Å²) in [7, 11) is -3.77. The van der Waals surface area contributed by atoms with Crippen LogP contribution in [-0.2, 0) is 10.0 Å². The highest BCUT2D eigenvalue weighted by atomic mass is 32.2. The molecule has 0 atom stereocenters. The zero-order valence-electron chi connectivity index (χ0n) is 18.9. The van der Waals surface area contributed by atoms with Crippen molar-refractivity contribution in [1.82, 2.24) is 19.5 Å². The fraction of sp³-hybridized carbons (Fsp3) is 0.0800. The number of sulfonamides is 1. The van der Waals surface area contributed by atoms with E-state index in [9.17, 15) is 8.42 Å². The lowest BCUT2D eigenvalue weighted by Crippen LogP contribution is -2.12. The summed E-state index contributed by atoms with van der Waals surface area (Å²) in [5.74, 6) is 2.70. The third-order valence-electron chi connectivity index (χ3n) is 5.08. The van der Waals surface area contributed by atoms with E-state index < -0.39 is 10.0 Å². The number of hydrogen-bond acceptors (Lipinski definition) is 7. The van der Waals surface area contributed by atoms with Gasteiger partial charge in [-0.15, -0.1) is 0 Å². The van der Waals surface area contributed by atoms with Gasteiger partial charge in [-0.05, 0) is 55.5 Å². The zero-order chi connectivity index (χ0) is 24.4. The van der Waals surface area contributed by atoms with Gasteiger partial charge in [-0.3, -0.25) is 4.72 Å². The van der Waals surface area contributed by atoms with E-state index in [0.717, 1.165) is 5.56 Å². The number of nitrogens with one attached hydrogen (secondary N) is 1. The Morgan fingerprint density at radius 3 is 2.29 bits per heavy atom. The van der Waals surface area contributed by atoms with Gasteiger partial charge in [0.15, 0.2) is 5.89 Å². The number of aryl methyl sites for hydroxylation is 2. The normalized spacial score (nSPS) is 11.4. The van der Waals surface area contributed by atoms with Gasteiger partial charge in [0.25, 0.3) is 10.0 Å². The van der Waals surface area contributed by atoms with Crippen LogP contribution in [0, 0.1) is 13.8 Å². The van der Waals surface area contributed by atoms with Gasteiger partial charge >= 0.3 is 0 Å². The van der Waals surface area contributed by atoms with Gasteiger partial charge in [0.2, 0.25) is 5.88 Å². The van der Waals surface area contributed by atoms with Crippen LogP contribution in [0.15, 0.2) is 94.7 Å². The molecule has 35 heavy (non-hydrogen) atoms. The molecule has 5 aromatic rings. The quantitative estimate of drug-likeness (QED) is 0.339. The van der Waals surface area contributed by atoms with E-state index in [-0.39, 0.29) is 4.90 Å². The molecular weight excluding hydrogens is 466 g/mol. The maximum atomic E-state index is 12.8. The number of nitrogens with zero attached hydrogens (tertiary/aromatic N) is 4. The first kappa shape index (κ1) is 22.4. The van der Waals surface area contributed by atoms with Crippen molar-refractivity contribution in [2.24, 2.45) is 0 Å². The summed E-state index contributed by atoms with van der Waals surface area (Å²) in [5.41, 5.74) is 1.82. The van der Waals surface area contributed by atoms with Gasteiger partial charge in [-0.2, -0.15) is 4.98 Å². The summed E-state index contributed by atoms with van der Waals surface area (Å²) < 4.78 is 41.2. The SMILES string of the molecule is Cc1nc(Oc2ccc(NS(=O)(=O)c3ccc(-c4coc(C)n4)cc3)cc2)cc(-n2cccc2)n1. The Morgan fingerprint density at radius 2 is 1.63 bits per heavy atom. The summed E-state index contributed by atoms with van der Waals surface area (Å²) in [6.45, 7) is 3.54. The number of benzene rings is 2. The smallest absolute Gasteiger partial charge is 0.261 e. The molecule has 176 valence electrons. The summed E-state index contributed by atoms with van der Waals surface area (Å²) in [5, 5.41) is 0. The summed E-state index contributed by atoms with van der Waals surface area (Å²) >= 11 is 0. The standard InChI is InChI=1S/C25H21N5O4S/c1-17-26-24(30-13-3-4-14-30)15-25(27-17)34-21-9-7-20(8-10-21)29-35(31,32)22-11-5-19(6-12-22)23-16-33-18(2)28-23/h3-16,29H,1-2H3. The lowest BCUT2D eigenvalue weighted by atomic mass is 10.2. The van der Waals surface area contributed by atoms with Gasteiger partial charge in [0.1, 0.15) is 29.3 Å². The largest absolute Gasteiger partial charge is 0.449 e. The summed E-state index contributed by atoms with van der Waals surface area (Å²) in [6.07, 6.45) is 5.30. The van der Waals surface area contributed by atoms with Crippen molar-refractivity contribution in [3.8, 4) is 28.7 Å². The molecule has 0 saturated carbocycles. The molecule has 0 radical (unpaired) electrons. The van der Waals surface area contributed by atoms with Gasteiger partial charge in [0, 0.05) is 36.6 Å². The van der Waals surface area contributed by atoms with Gasteiger partial charge in [-0.25, -0.2) is 18.4 Å². The monoisotopic (exact) mass is 487 g/mol.